The zero-order valence-corrected chi connectivity index (χ0v) is 12.9. The van der Waals surface area contributed by atoms with E-state index in [0.717, 1.165) is 12.2 Å². The van der Waals surface area contributed by atoms with E-state index in [1.54, 1.807) is 13.0 Å². The van der Waals surface area contributed by atoms with Gasteiger partial charge < -0.3 is 20.7 Å². The highest BCUT2D eigenvalue weighted by molar-refractivity contribution is 5.98. The van der Waals surface area contributed by atoms with Crippen molar-refractivity contribution in [3.63, 3.8) is 0 Å². The lowest BCUT2D eigenvalue weighted by atomic mass is 10.1. The van der Waals surface area contributed by atoms with Gasteiger partial charge in [-0.3, -0.25) is 0 Å². The lowest BCUT2D eigenvalue weighted by molar-refractivity contribution is 0.0527. The van der Waals surface area contributed by atoms with Gasteiger partial charge in [-0.2, -0.15) is 0 Å². The average Bonchev–Trinajstić information content (AvgIpc) is 2.94. The summed E-state index contributed by atoms with van der Waals surface area (Å²) >= 11 is 0. The van der Waals surface area contributed by atoms with E-state index in [-0.39, 0.29) is 12.0 Å². The van der Waals surface area contributed by atoms with Crippen LogP contribution in [0.15, 0.2) is 18.2 Å². The highest BCUT2D eigenvalue weighted by Gasteiger charge is 2.17. The lowest BCUT2D eigenvalue weighted by Gasteiger charge is -2.23. The standard InChI is InChI=1S/C16H25N3O2/c1-3-21-16(20)13-7-6-8-14(15(13)17)18-12(2)11-19-9-4-5-10-19/h6-8,12,18H,3-5,9-11,17H2,1-2H3. The topological polar surface area (TPSA) is 67.6 Å². The number of nitrogens with zero attached hydrogens (tertiary/aromatic N) is 1. The molecule has 1 atom stereocenters. The normalized spacial score (nSPS) is 16.7. The number of benzene rings is 1. The molecule has 3 N–H and O–H groups in total. The number of anilines is 2. The predicted molar refractivity (Wildman–Crippen MR) is 85.6 cm³/mol. The Morgan fingerprint density at radius 1 is 1.43 bits per heavy atom. The number of nitrogens with one attached hydrogen (secondary N) is 1. The van der Waals surface area contributed by atoms with Crippen molar-refractivity contribution in [3.8, 4) is 0 Å². The summed E-state index contributed by atoms with van der Waals surface area (Å²) in [7, 11) is 0. The predicted octanol–water partition coefficient (Wildman–Crippen LogP) is 2.34. The van der Waals surface area contributed by atoms with Crippen LogP contribution < -0.4 is 11.1 Å². The number of carbonyl (C=O) groups is 1. The molecule has 0 amide bonds. The quantitative estimate of drug-likeness (QED) is 0.622. The SMILES string of the molecule is CCOC(=O)c1cccc(NC(C)CN2CCCC2)c1N. The summed E-state index contributed by atoms with van der Waals surface area (Å²) in [5.41, 5.74) is 7.78. The third-order valence-electron chi connectivity index (χ3n) is 3.73. The molecule has 0 bridgehead atoms. The second-order valence-corrected chi connectivity index (χ2v) is 5.54. The Hall–Kier alpha value is -1.75. The van der Waals surface area contributed by atoms with Crippen molar-refractivity contribution in [2.24, 2.45) is 0 Å². The van der Waals surface area contributed by atoms with Crippen molar-refractivity contribution >= 4 is 17.3 Å². The van der Waals surface area contributed by atoms with Crippen molar-refractivity contribution in [2.75, 3.05) is 37.3 Å². The Morgan fingerprint density at radius 2 is 2.14 bits per heavy atom. The molecule has 2 rings (SSSR count). The number of ether oxygens (including phenoxy) is 1. The number of rotatable bonds is 6. The third kappa shape index (κ3) is 4.11. The minimum Gasteiger partial charge on any atom is -0.462 e. The Balaban J connectivity index is 2.02. The van der Waals surface area contributed by atoms with E-state index in [2.05, 4.69) is 17.1 Å². The van der Waals surface area contributed by atoms with Crippen molar-refractivity contribution in [2.45, 2.75) is 32.7 Å². The van der Waals surface area contributed by atoms with Crippen molar-refractivity contribution in [1.29, 1.82) is 0 Å². The van der Waals surface area contributed by atoms with Gasteiger partial charge in [-0.05, 0) is 51.9 Å². The lowest BCUT2D eigenvalue weighted by Crippen LogP contribution is -2.33. The van der Waals surface area contributed by atoms with Crippen LogP contribution in [0.5, 0.6) is 0 Å². The molecule has 1 aromatic rings. The fourth-order valence-corrected chi connectivity index (χ4v) is 2.74. The number of esters is 1. The van der Waals surface area contributed by atoms with E-state index in [0.29, 0.717) is 17.9 Å². The number of nitrogen functional groups attached to an aromatic ring is 1. The number of carbonyl (C=O) groups excluding carboxylic acids is 1. The molecule has 0 spiro atoms. The molecule has 21 heavy (non-hydrogen) atoms. The summed E-state index contributed by atoms with van der Waals surface area (Å²) in [4.78, 5) is 14.3. The van der Waals surface area contributed by atoms with Gasteiger partial charge in [0.1, 0.15) is 0 Å². The third-order valence-corrected chi connectivity index (χ3v) is 3.73. The number of hydrogen-bond donors (Lipinski definition) is 2. The molecule has 1 aliphatic rings. The molecule has 0 aromatic heterocycles. The zero-order chi connectivity index (χ0) is 15.2. The monoisotopic (exact) mass is 291 g/mol. The number of nitrogens with two attached hydrogens (primary N) is 1. The van der Waals surface area contributed by atoms with E-state index in [1.165, 1.54) is 25.9 Å². The summed E-state index contributed by atoms with van der Waals surface area (Å²) < 4.78 is 5.02. The fraction of sp³-hybridized carbons (Fsp3) is 0.562. The fourth-order valence-electron chi connectivity index (χ4n) is 2.74. The molecule has 1 unspecified atom stereocenters. The van der Waals surface area contributed by atoms with E-state index >= 15 is 0 Å². The van der Waals surface area contributed by atoms with Crippen LogP contribution in [-0.4, -0.2) is 43.2 Å². The molecule has 1 heterocycles. The molecule has 1 aliphatic heterocycles. The van der Waals surface area contributed by atoms with Crippen LogP contribution in [0, 0.1) is 0 Å². The second-order valence-electron chi connectivity index (χ2n) is 5.54. The van der Waals surface area contributed by atoms with Gasteiger partial charge in [0.2, 0.25) is 0 Å². The molecular formula is C16H25N3O2. The minimum absolute atomic E-state index is 0.280. The van der Waals surface area contributed by atoms with Gasteiger partial charge in [0.05, 0.1) is 23.5 Å². The smallest absolute Gasteiger partial charge is 0.340 e. The van der Waals surface area contributed by atoms with E-state index in [1.807, 2.05) is 12.1 Å². The van der Waals surface area contributed by atoms with E-state index < -0.39 is 0 Å². The van der Waals surface area contributed by atoms with Crippen LogP contribution in [-0.2, 0) is 4.74 Å². The number of likely N-dealkylation sites (tertiary alicyclic amines) is 1. The van der Waals surface area contributed by atoms with Gasteiger partial charge in [-0.15, -0.1) is 0 Å². The molecule has 1 saturated heterocycles. The van der Waals surface area contributed by atoms with E-state index in [9.17, 15) is 4.79 Å². The molecule has 5 heteroatoms. The molecule has 5 nitrogen and oxygen atoms in total. The van der Waals surface area contributed by atoms with E-state index in [4.69, 9.17) is 10.5 Å². The molecule has 1 aromatic carbocycles. The van der Waals surface area contributed by atoms with Gasteiger partial charge >= 0.3 is 5.97 Å². The van der Waals surface area contributed by atoms with Gasteiger partial charge in [-0.1, -0.05) is 6.07 Å². The highest BCUT2D eigenvalue weighted by Crippen LogP contribution is 2.24. The maximum absolute atomic E-state index is 11.8. The average molecular weight is 291 g/mol. The first-order valence-corrected chi connectivity index (χ1v) is 7.66. The minimum atomic E-state index is -0.370. The van der Waals surface area contributed by atoms with Crippen molar-refractivity contribution in [3.05, 3.63) is 23.8 Å². The largest absolute Gasteiger partial charge is 0.462 e. The number of para-hydroxylation sites is 1. The summed E-state index contributed by atoms with van der Waals surface area (Å²) in [5.74, 6) is -0.370. The van der Waals surface area contributed by atoms with Crippen molar-refractivity contribution in [1.82, 2.24) is 4.90 Å². The molecule has 0 radical (unpaired) electrons. The molecular weight excluding hydrogens is 266 g/mol. The molecule has 0 aliphatic carbocycles. The summed E-state index contributed by atoms with van der Waals surface area (Å²) in [6, 6.07) is 5.71. The highest BCUT2D eigenvalue weighted by atomic mass is 16.5. The number of hydrogen-bond acceptors (Lipinski definition) is 5. The Morgan fingerprint density at radius 3 is 2.81 bits per heavy atom. The molecule has 116 valence electrons. The zero-order valence-electron chi connectivity index (χ0n) is 12.9. The van der Waals surface area contributed by atoms with Crippen LogP contribution >= 0.6 is 0 Å². The molecule has 1 fully saturated rings. The summed E-state index contributed by atoms with van der Waals surface area (Å²) in [6.07, 6.45) is 2.57. The first-order chi connectivity index (χ1) is 10.1. The maximum Gasteiger partial charge on any atom is 0.340 e. The first-order valence-electron chi connectivity index (χ1n) is 7.66. The Labute approximate surface area is 126 Å². The second kappa shape index (κ2) is 7.31. The first kappa shape index (κ1) is 15.6. The van der Waals surface area contributed by atoms with Crippen LogP contribution in [0.2, 0.25) is 0 Å². The van der Waals surface area contributed by atoms with Crippen molar-refractivity contribution < 1.29 is 9.53 Å². The van der Waals surface area contributed by atoms with Crippen LogP contribution in [0.25, 0.3) is 0 Å². The van der Waals surface area contributed by atoms with Crippen LogP contribution in [0.1, 0.15) is 37.0 Å². The Kier molecular flexibility index (Phi) is 5.44. The summed E-state index contributed by atoms with van der Waals surface area (Å²) in [5, 5.41) is 3.40. The van der Waals surface area contributed by atoms with Gasteiger partial charge in [0.25, 0.3) is 0 Å². The van der Waals surface area contributed by atoms with Gasteiger partial charge in [-0.25, -0.2) is 4.79 Å². The van der Waals surface area contributed by atoms with Crippen LogP contribution in [0.4, 0.5) is 11.4 Å². The molecule has 0 saturated carbocycles. The van der Waals surface area contributed by atoms with Gasteiger partial charge in [0, 0.05) is 12.6 Å². The Bertz CT molecular complexity index is 484. The van der Waals surface area contributed by atoms with Gasteiger partial charge in [0.15, 0.2) is 0 Å². The maximum atomic E-state index is 11.8. The summed E-state index contributed by atoms with van der Waals surface area (Å²) in [6.45, 7) is 7.60. The van der Waals surface area contributed by atoms with Crippen LogP contribution in [0.3, 0.4) is 0 Å².